The monoisotopic (exact) mass is 410 g/mol. The number of hydrogen-bond donors (Lipinski definition) is 2. The van der Waals surface area contributed by atoms with Crippen molar-refractivity contribution in [2.75, 3.05) is 25.0 Å². The van der Waals surface area contributed by atoms with E-state index in [1.165, 1.54) is 5.56 Å². The van der Waals surface area contributed by atoms with Gasteiger partial charge < -0.3 is 15.4 Å². The van der Waals surface area contributed by atoms with Crippen molar-refractivity contribution in [3.05, 3.63) is 27.3 Å². The average molecular weight is 411 g/mol. The van der Waals surface area contributed by atoms with Crippen molar-refractivity contribution >= 4 is 46.6 Å². The second kappa shape index (κ2) is 8.81. The van der Waals surface area contributed by atoms with Gasteiger partial charge in [0.05, 0.1) is 12.6 Å². The lowest BCUT2D eigenvalue weighted by atomic mass is 10.2. The molecule has 0 aromatic heterocycles. The van der Waals surface area contributed by atoms with Crippen molar-refractivity contribution in [1.29, 1.82) is 0 Å². The van der Waals surface area contributed by atoms with Crippen molar-refractivity contribution in [1.82, 2.24) is 5.32 Å². The first-order chi connectivity index (χ1) is 9.15. The van der Waals surface area contributed by atoms with Crippen LogP contribution in [0.15, 0.2) is 18.2 Å². The van der Waals surface area contributed by atoms with E-state index >= 15 is 0 Å². The van der Waals surface area contributed by atoms with Crippen LogP contribution in [0.2, 0.25) is 0 Å². The molecular formula is C14H20ClIN2O2. The quantitative estimate of drug-likeness (QED) is 0.734. The van der Waals surface area contributed by atoms with Gasteiger partial charge in [-0.25, -0.2) is 0 Å². The maximum Gasteiger partial charge on any atom is 0.238 e. The Hall–Kier alpha value is -0.370. The number of rotatable bonds is 5. The summed E-state index contributed by atoms with van der Waals surface area (Å²) >= 11 is 2.27. The number of hydrogen-bond acceptors (Lipinski definition) is 3. The first-order valence-corrected chi connectivity index (χ1v) is 7.61. The number of amides is 1. The van der Waals surface area contributed by atoms with E-state index in [0.717, 1.165) is 35.3 Å². The van der Waals surface area contributed by atoms with Gasteiger partial charge in [-0.05, 0) is 60.1 Å². The molecule has 1 aliphatic rings. The zero-order chi connectivity index (χ0) is 13.7. The average Bonchev–Trinajstić information content (AvgIpc) is 2.87. The Kier molecular flexibility index (Phi) is 7.79. The second-order valence-corrected chi connectivity index (χ2v) is 5.94. The zero-order valence-electron chi connectivity index (χ0n) is 11.4. The second-order valence-electron chi connectivity index (χ2n) is 4.78. The van der Waals surface area contributed by atoms with Gasteiger partial charge in [-0.15, -0.1) is 12.4 Å². The summed E-state index contributed by atoms with van der Waals surface area (Å²) in [6.45, 7) is 3.97. The molecule has 0 saturated carbocycles. The van der Waals surface area contributed by atoms with E-state index in [2.05, 4.69) is 40.1 Å². The lowest BCUT2D eigenvalue weighted by Crippen LogP contribution is -2.33. The predicted octanol–water partition coefficient (Wildman–Crippen LogP) is 2.73. The lowest BCUT2D eigenvalue weighted by molar-refractivity contribution is -0.115. The highest BCUT2D eigenvalue weighted by molar-refractivity contribution is 14.1. The van der Waals surface area contributed by atoms with Gasteiger partial charge >= 0.3 is 0 Å². The Morgan fingerprint density at radius 2 is 2.30 bits per heavy atom. The van der Waals surface area contributed by atoms with Crippen LogP contribution in [0, 0.1) is 10.5 Å². The zero-order valence-corrected chi connectivity index (χ0v) is 14.4. The number of ether oxygens (including phenoxy) is 1. The molecule has 1 aliphatic heterocycles. The Labute approximate surface area is 139 Å². The highest BCUT2D eigenvalue weighted by Crippen LogP contribution is 2.16. The van der Waals surface area contributed by atoms with Crippen LogP contribution in [0.3, 0.4) is 0 Å². The molecule has 0 radical (unpaired) electrons. The van der Waals surface area contributed by atoms with E-state index in [9.17, 15) is 4.79 Å². The third-order valence-electron chi connectivity index (χ3n) is 3.14. The van der Waals surface area contributed by atoms with Gasteiger partial charge in [-0.1, -0.05) is 6.07 Å². The van der Waals surface area contributed by atoms with E-state index in [4.69, 9.17) is 4.74 Å². The Morgan fingerprint density at radius 3 is 2.95 bits per heavy atom. The summed E-state index contributed by atoms with van der Waals surface area (Å²) in [5, 5.41) is 6.02. The Balaban J connectivity index is 0.00000200. The summed E-state index contributed by atoms with van der Waals surface area (Å²) in [6, 6.07) is 5.92. The smallest absolute Gasteiger partial charge is 0.238 e. The van der Waals surface area contributed by atoms with Crippen molar-refractivity contribution in [2.45, 2.75) is 25.9 Å². The standard InChI is InChI=1S/C14H19IN2O2.ClH/c1-10-4-5-11(7-13(10)15)17-14(18)9-16-8-12-3-2-6-19-12;/h4-5,7,12,16H,2-3,6,8-9H2,1H3,(H,17,18);1H. The van der Waals surface area contributed by atoms with Crippen molar-refractivity contribution in [2.24, 2.45) is 0 Å². The van der Waals surface area contributed by atoms with Gasteiger partial charge in [0.25, 0.3) is 0 Å². The minimum atomic E-state index is -0.0161. The fourth-order valence-corrected chi connectivity index (χ4v) is 2.54. The molecule has 1 aromatic rings. The van der Waals surface area contributed by atoms with Gasteiger partial charge in [0.2, 0.25) is 5.91 Å². The molecule has 1 fully saturated rings. The molecular weight excluding hydrogens is 391 g/mol. The number of carbonyl (C=O) groups excluding carboxylic acids is 1. The number of carbonyl (C=O) groups is 1. The minimum Gasteiger partial charge on any atom is -0.377 e. The van der Waals surface area contributed by atoms with Gasteiger partial charge in [0.1, 0.15) is 0 Å². The molecule has 0 spiro atoms. The first-order valence-electron chi connectivity index (χ1n) is 6.53. The molecule has 2 rings (SSSR count). The summed E-state index contributed by atoms with van der Waals surface area (Å²) in [7, 11) is 0. The van der Waals surface area contributed by atoms with E-state index in [1.54, 1.807) is 0 Å². The lowest BCUT2D eigenvalue weighted by Gasteiger charge is -2.11. The van der Waals surface area contributed by atoms with Crippen molar-refractivity contribution < 1.29 is 9.53 Å². The van der Waals surface area contributed by atoms with Gasteiger partial charge in [-0.3, -0.25) is 4.79 Å². The number of aryl methyl sites for hydroxylation is 1. The Morgan fingerprint density at radius 1 is 1.50 bits per heavy atom. The van der Waals surface area contributed by atoms with Crippen molar-refractivity contribution in [3.63, 3.8) is 0 Å². The molecule has 6 heteroatoms. The molecule has 112 valence electrons. The summed E-state index contributed by atoms with van der Waals surface area (Å²) in [6.07, 6.45) is 2.48. The molecule has 4 nitrogen and oxygen atoms in total. The third kappa shape index (κ3) is 5.55. The number of benzene rings is 1. The van der Waals surface area contributed by atoms with Gasteiger partial charge in [0, 0.05) is 22.4 Å². The van der Waals surface area contributed by atoms with Crippen LogP contribution in [0.25, 0.3) is 0 Å². The summed E-state index contributed by atoms with van der Waals surface area (Å²) in [5.74, 6) is -0.0161. The summed E-state index contributed by atoms with van der Waals surface area (Å²) in [4.78, 5) is 11.8. The fraction of sp³-hybridized carbons (Fsp3) is 0.500. The fourth-order valence-electron chi connectivity index (χ4n) is 2.03. The van der Waals surface area contributed by atoms with Crippen LogP contribution in [-0.4, -0.2) is 31.7 Å². The molecule has 20 heavy (non-hydrogen) atoms. The van der Waals surface area contributed by atoms with Crippen LogP contribution in [0.5, 0.6) is 0 Å². The van der Waals surface area contributed by atoms with Crippen molar-refractivity contribution in [3.8, 4) is 0 Å². The normalized spacial score (nSPS) is 17.6. The van der Waals surface area contributed by atoms with Crippen LogP contribution in [0.1, 0.15) is 18.4 Å². The largest absolute Gasteiger partial charge is 0.377 e. The maximum absolute atomic E-state index is 11.8. The maximum atomic E-state index is 11.8. The number of anilines is 1. The summed E-state index contributed by atoms with van der Waals surface area (Å²) < 4.78 is 6.64. The number of halogens is 2. The molecule has 1 unspecified atom stereocenters. The van der Waals surface area contributed by atoms with E-state index in [0.29, 0.717) is 6.54 Å². The van der Waals surface area contributed by atoms with Crippen LogP contribution in [-0.2, 0) is 9.53 Å². The topological polar surface area (TPSA) is 50.4 Å². The molecule has 1 aromatic carbocycles. The Bertz CT molecular complexity index is 451. The van der Waals surface area contributed by atoms with Crippen LogP contribution < -0.4 is 10.6 Å². The highest BCUT2D eigenvalue weighted by Gasteiger charge is 2.15. The molecule has 1 amide bonds. The van der Waals surface area contributed by atoms with E-state index in [-0.39, 0.29) is 24.4 Å². The molecule has 1 atom stereocenters. The molecule has 0 bridgehead atoms. The predicted molar refractivity (Wildman–Crippen MR) is 91.6 cm³/mol. The highest BCUT2D eigenvalue weighted by atomic mass is 127. The SMILES string of the molecule is Cc1ccc(NC(=O)CNCC2CCCO2)cc1I.Cl. The van der Waals surface area contributed by atoms with E-state index in [1.807, 2.05) is 18.2 Å². The first kappa shape index (κ1) is 17.7. The molecule has 2 N–H and O–H groups in total. The molecule has 1 saturated heterocycles. The van der Waals surface area contributed by atoms with Gasteiger partial charge in [-0.2, -0.15) is 0 Å². The third-order valence-corrected chi connectivity index (χ3v) is 4.30. The van der Waals surface area contributed by atoms with Gasteiger partial charge in [0.15, 0.2) is 0 Å². The van der Waals surface area contributed by atoms with E-state index < -0.39 is 0 Å². The number of nitrogens with one attached hydrogen (secondary N) is 2. The minimum absolute atomic E-state index is 0. The van der Waals surface area contributed by atoms with Crippen LogP contribution in [0.4, 0.5) is 5.69 Å². The summed E-state index contributed by atoms with van der Waals surface area (Å²) in [5.41, 5.74) is 2.06. The molecule has 1 heterocycles. The molecule has 0 aliphatic carbocycles. The van der Waals surface area contributed by atoms with Crippen LogP contribution >= 0.6 is 35.0 Å².